The van der Waals surface area contributed by atoms with Crippen LogP contribution in [0.25, 0.3) is 16.6 Å². The minimum atomic E-state index is -1.25. The molecule has 0 aliphatic heterocycles. The lowest BCUT2D eigenvalue weighted by Crippen LogP contribution is -2.14. The molecule has 0 amide bonds. The van der Waals surface area contributed by atoms with Crippen molar-refractivity contribution >= 4 is 40.1 Å². The summed E-state index contributed by atoms with van der Waals surface area (Å²) in [6.07, 6.45) is -0.0260. The summed E-state index contributed by atoms with van der Waals surface area (Å²) in [6, 6.07) is 14.9. The minimum absolute atomic E-state index is 0.0260. The molecule has 4 aromatic rings. The van der Waals surface area contributed by atoms with Crippen LogP contribution in [-0.2, 0) is 11.2 Å². The highest BCUT2D eigenvalue weighted by molar-refractivity contribution is 7.00. The largest absolute Gasteiger partial charge is 0.497 e. The van der Waals surface area contributed by atoms with Gasteiger partial charge in [-0.2, -0.15) is 8.75 Å². The van der Waals surface area contributed by atoms with Crippen molar-refractivity contribution in [3.8, 4) is 23.0 Å². The topological polar surface area (TPSA) is 117 Å². The summed E-state index contributed by atoms with van der Waals surface area (Å²) < 4.78 is 30.0. The molecular formula is C27H24N2O7S. The predicted molar refractivity (Wildman–Crippen MR) is 139 cm³/mol. The Morgan fingerprint density at radius 1 is 0.811 bits per heavy atom. The molecule has 1 N–H and O–H groups in total. The molecule has 0 fully saturated rings. The van der Waals surface area contributed by atoms with Crippen LogP contribution in [0.4, 0.5) is 0 Å². The Hall–Kier alpha value is -4.44. The number of nitrogens with zero attached hydrogens (tertiary/aromatic N) is 2. The maximum Gasteiger partial charge on any atom is 0.336 e. The van der Waals surface area contributed by atoms with Gasteiger partial charge in [0.05, 0.1) is 45.7 Å². The average molecular weight is 521 g/mol. The number of aliphatic carboxylic acids is 1. The van der Waals surface area contributed by atoms with E-state index in [2.05, 4.69) is 8.75 Å². The predicted octanol–water partition coefficient (Wildman–Crippen LogP) is 4.69. The van der Waals surface area contributed by atoms with Gasteiger partial charge in [0.15, 0.2) is 17.3 Å². The quantitative estimate of drug-likeness (QED) is 0.235. The molecule has 0 aliphatic carbocycles. The van der Waals surface area contributed by atoms with Crippen molar-refractivity contribution < 1.29 is 33.6 Å². The number of ketones is 1. The van der Waals surface area contributed by atoms with Gasteiger partial charge in [-0.3, -0.25) is 4.79 Å². The normalized spacial score (nSPS) is 11.6. The van der Waals surface area contributed by atoms with E-state index in [1.807, 2.05) is 0 Å². The SMILES string of the molecule is COc1cccc(C(=O)/C(Cc2cc(OC)c(OC)c(OC)c2)=C(\C(=O)O)c2ccc3nsnc3c2)c1. The van der Waals surface area contributed by atoms with Crippen LogP contribution in [0.2, 0.25) is 0 Å². The van der Waals surface area contributed by atoms with E-state index >= 15 is 0 Å². The van der Waals surface area contributed by atoms with Gasteiger partial charge in [0.25, 0.3) is 0 Å². The van der Waals surface area contributed by atoms with Crippen LogP contribution in [0.1, 0.15) is 21.5 Å². The van der Waals surface area contributed by atoms with E-state index in [0.29, 0.717) is 45.2 Å². The molecule has 0 unspecified atom stereocenters. The molecule has 0 radical (unpaired) electrons. The van der Waals surface area contributed by atoms with Gasteiger partial charge >= 0.3 is 5.97 Å². The van der Waals surface area contributed by atoms with Crippen LogP contribution < -0.4 is 18.9 Å². The second kappa shape index (κ2) is 11.1. The fourth-order valence-corrected chi connectivity index (χ4v) is 4.54. The second-order valence-electron chi connectivity index (χ2n) is 7.90. The number of aromatic nitrogens is 2. The Balaban J connectivity index is 1.95. The summed E-state index contributed by atoms with van der Waals surface area (Å²) in [5, 5.41) is 10.3. The third-order valence-corrected chi connectivity index (χ3v) is 6.33. The minimum Gasteiger partial charge on any atom is -0.497 e. The van der Waals surface area contributed by atoms with Crippen LogP contribution >= 0.6 is 11.7 Å². The number of carbonyl (C=O) groups is 2. The van der Waals surface area contributed by atoms with Gasteiger partial charge in [0, 0.05) is 17.6 Å². The van der Waals surface area contributed by atoms with Crippen molar-refractivity contribution in [3.63, 3.8) is 0 Å². The first-order chi connectivity index (χ1) is 17.9. The van der Waals surface area contributed by atoms with Gasteiger partial charge in [0.1, 0.15) is 16.8 Å². The van der Waals surface area contributed by atoms with E-state index in [1.54, 1.807) is 54.6 Å². The van der Waals surface area contributed by atoms with Gasteiger partial charge in [0.2, 0.25) is 5.75 Å². The Labute approximate surface area is 217 Å². The van der Waals surface area contributed by atoms with E-state index in [1.165, 1.54) is 28.4 Å². The molecule has 4 rings (SSSR count). The number of ether oxygens (including phenoxy) is 4. The van der Waals surface area contributed by atoms with Crippen LogP contribution in [0.15, 0.2) is 60.2 Å². The lowest BCUT2D eigenvalue weighted by molar-refractivity contribution is -0.130. The highest BCUT2D eigenvalue weighted by atomic mass is 32.1. The summed E-state index contributed by atoms with van der Waals surface area (Å²) in [5.41, 5.74) is 2.33. The third kappa shape index (κ3) is 5.24. The monoisotopic (exact) mass is 520 g/mol. The van der Waals surface area contributed by atoms with Crippen molar-refractivity contribution in [2.24, 2.45) is 0 Å². The van der Waals surface area contributed by atoms with Crippen molar-refractivity contribution in [2.75, 3.05) is 28.4 Å². The first kappa shape index (κ1) is 25.6. The van der Waals surface area contributed by atoms with E-state index in [-0.39, 0.29) is 23.1 Å². The Morgan fingerprint density at radius 2 is 1.51 bits per heavy atom. The highest BCUT2D eigenvalue weighted by Gasteiger charge is 2.26. The molecule has 1 heterocycles. The number of hydrogen-bond acceptors (Lipinski definition) is 9. The summed E-state index contributed by atoms with van der Waals surface area (Å²) in [4.78, 5) is 26.6. The van der Waals surface area contributed by atoms with Crippen LogP contribution in [-0.4, -0.2) is 54.0 Å². The summed E-state index contributed by atoms with van der Waals surface area (Å²) in [7, 11) is 5.96. The molecule has 9 nitrogen and oxygen atoms in total. The molecular weight excluding hydrogens is 496 g/mol. The molecule has 0 aliphatic rings. The van der Waals surface area contributed by atoms with E-state index in [9.17, 15) is 14.7 Å². The molecule has 190 valence electrons. The molecule has 0 saturated carbocycles. The highest BCUT2D eigenvalue weighted by Crippen LogP contribution is 2.39. The van der Waals surface area contributed by atoms with Crippen LogP contribution in [0.5, 0.6) is 23.0 Å². The molecule has 37 heavy (non-hydrogen) atoms. The summed E-state index contributed by atoms with van der Waals surface area (Å²) in [6.45, 7) is 0. The number of rotatable bonds is 10. The smallest absolute Gasteiger partial charge is 0.336 e. The van der Waals surface area contributed by atoms with Crippen molar-refractivity contribution in [1.29, 1.82) is 0 Å². The standard InChI is InChI=1S/C27H24N2O7S/c1-33-18-7-5-6-17(13-18)25(30)19(10-15-11-22(34-2)26(36-4)23(12-15)35-3)24(27(31)32)16-8-9-20-21(14-16)29-37-28-20/h5-9,11-14H,10H2,1-4H3,(H,31,32)/b24-19-. The van der Waals surface area contributed by atoms with Gasteiger partial charge in [-0.05, 0) is 47.5 Å². The van der Waals surface area contributed by atoms with E-state index < -0.39 is 11.8 Å². The van der Waals surface area contributed by atoms with Crippen molar-refractivity contribution in [2.45, 2.75) is 6.42 Å². The van der Waals surface area contributed by atoms with E-state index in [4.69, 9.17) is 18.9 Å². The number of fused-ring (bicyclic) bond motifs is 1. The second-order valence-corrected chi connectivity index (χ2v) is 8.43. The maximum atomic E-state index is 13.9. The average Bonchev–Trinajstić information content (AvgIpc) is 3.39. The van der Waals surface area contributed by atoms with Gasteiger partial charge in [-0.15, -0.1) is 0 Å². The molecule has 0 saturated heterocycles. The number of carboxylic acid groups (broad SMARTS) is 1. The molecule has 1 aromatic heterocycles. The molecule has 0 atom stereocenters. The number of benzene rings is 3. The molecule has 0 bridgehead atoms. The van der Waals surface area contributed by atoms with Crippen molar-refractivity contribution in [1.82, 2.24) is 8.75 Å². The lowest BCUT2D eigenvalue weighted by atomic mass is 9.89. The Kier molecular flexibility index (Phi) is 7.69. The van der Waals surface area contributed by atoms with Crippen LogP contribution in [0.3, 0.4) is 0 Å². The fourth-order valence-electron chi connectivity index (χ4n) is 4.03. The van der Waals surface area contributed by atoms with E-state index in [0.717, 1.165) is 11.7 Å². The zero-order chi connectivity index (χ0) is 26.5. The molecule has 10 heteroatoms. The summed E-state index contributed by atoms with van der Waals surface area (Å²) in [5.74, 6) is -0.0697. The number of carboxylic acids is 1. The third-order valence-electron chi connectivity index (χ3n) is 5.77. The fraction of sp³-hybridized carbons (Fsp3) is 0.185. The van der Waals surface area contributed by atoms with Gasteiger partial charge < -0.3 is 24.1 Å². The van der Waals surface area contributed by atoms with Crippen LogP contribution in [0, 0.1) is 0 Å². The van der Waals surface area contributed by atoms with Gasteiger partial charge in [-0.1, -0.05) is 18.2 Å². The number of methoxy groups -OCH3 is 4. The number of Topliss-reactive ketones (excluding diaryl/α,β-unsaturated/α-hetero) is 1. The van der Waals surface area contributed by atoms with Gasteiger partial charge in [-0.25, -0.2) is 4.79 Å². The molecule has 0 spiro atoms. The lowest BCUT2D eigenvalue weighted by Gasteiger charge is -2.17. The zero-order valence-electron chi connectivity index (χ0n) is 20.6. The van der Waals surface area contributed by atoms with Crippen molar-refractivity contribution in [3.05, 3.63) is 76.9 Å². The maximum absolute atomic E-state index is 13.9. The zero-order valence-corrected chi connectivity index (χ0v) is 21.4. The number of allylic oxidation sites excluding steroid dienone is 1. The molecule has 3 aromatic carbocycles. The Morgan fingerprint density at radius 3 is 2.14 bits per heavy atom. The Bertz CT molecular complexity index is 1480. The number of carbonyl (C=O) groups excluding carboxylic acids is 1. The first-order valence-corrected chi connectivity index (χ1v) is 11.8. The number of hydrogen-bond donors (Lipinski definition) is 1. The first-order valence-electron chi connectivity index (χ1n) is 11.1. The summed E-state index contributed by atoms with van der Waals surface area (Å²) >= 11 is 1.03.